The van der Waals surface area contributed by atoms with Gasteiger partial charge in [-0.15, -0.1) is 0 Å². The molecule has 30 heavy (non-hydrogen) atoms. The minimum atomic E-state index is -0.804. The first-order valence-electron chi connectivity index (χ1n) is 9.17. The van der Waals surface area contributed by atoms with E-state index in [1.807, 2.05) is 13.0 Å². The highest BCUT2D eigenvalue weighted by atomic mass is 79.9. The highest BCUT2D eigenvalue weighted by Gasteiger charge is 2.25. The van der Waals surface area contributed by atoms with E-state index < -0.39 is 23.0 Å². The Morgan fingerprint density at radius 2 is 1.93 bits per heavy atom. The summed E-state index contributed by atoms with van der Waals surface area (Å²) in [6.45, 7) is 5.18. The van der Waals surface area contributed by atoms with Gasteiger partial charge in [-0.3, -0.25) is 19.1 Å². The summed E-state index contributed by atoms with van der Waals surface area (Å²) in [4.78, 5) is 44.5. The molecule has 0 unspecified atom stereocenters. The van der Waals surface area contributed by atoms with Gasteiger partial charge in [-0.05, 0) is 54.3 Å². The van der Waals surface area contributed by atoms with Gasteiger partial charge in [0, 0.05) is 15.6 Å². The lowest BCUT2D eigenvalue weighted by atomic mass is 9.96. The topological polar surface area (TPSA) is 111 Å². The van der Waals surface area contributed by atoms with Crippen molar-refractivity contribution < 1.29 is 9.18 Å². The Kier molecular flexibility index (Phi) is 6.02. The summed E-state index contributed by atoms with van der Waals surface area (Å²) >= 11 is 3.37. The van der Waals surface area contributed by atoms with Crippen LogP contribution in [0.25, 0.3) is 0 Å². The van der Waals surface area contributed by atoms with E-state index in [-0.39, 0.29) is 29.5 Å². The number of carbonyl (C=O) groups excluding carboxylic acids is 1. The number of pyridine rings is 1. The summed E-state index contributed by atoms with van der Waals surface area (Å²) in [6.07, 6.45) is 0. The number of nitrogens with zero attached hydrogens (tertiary/aromatic N) is 2. The van der Waals surface area contributed by atoms with Gasteiger partial charge in [0.15, 0.2) is 0 Å². The molecule has 7 nitrogen and oxygen atoms in total. The molecule has 3 N–H and O–H groups in total. The Bertz CT molecular complexity index is 1220. The van der Waals surface area contributed by atoms with Crippen molar-refractivity contribution in [3.63, 3.8) is 0 Å². The van der Waals surface area contributed by atoms with E-state index >= 15 is 0 Å². The number of anilines is 1. The van der Waals surface area contributed by atoms with Gasteiger partial charge in [-0.25, -0.2) is 9.78 Å². The van der Waals surface area contributed by atoms with Crippen molar-refractivity contribution in [2.75, 3.05) is 5.73 Å². The average Bonchev–Trinajstić information content (AvgIpc) is 2.61. The number of nitrogen functional groups attached to an aromatic ring is 1. The predicted molar refractivity (Wildman–Crippen MR) is 115 cm³/mol. The molecule has 0 radical (unpaired) electrons. The van der Waals surface area contributed by atoms with Gasteiger partial charge in [-0.2, -0.15) is 4.39 Å². The molecule has 0 bridgehead atoms. The van der Waals surface area contributed by atoms with Gasteiger partial charge in [0.1, 0.15) is 11.5 Å². The minimum absolute atomic E-state index is 0.0351. The summed E-state index contributed by atoms with van der Waals surface area (Å²) in [5, 5.41) is 0. The van der Waals surface area contributed by atoms with Crippen LogP contribution >= 0.6 is 15.9 Å². The zero-order valence-corrected chi connectivity index (χ0v) is 18.2. The van der Waals surface area contributed by atoms with Gasteiger partial charge < -0.3 is 5.73 Å². The highest BCUT2D eigenvalue weighted by molar-refractivity contribution is 9.10. The molecule has 0 saturated carbocycles. The van der Waals surface area contributed by atoms with E-state index in [4.69, 9.17) is 5.73 Å². The molecule has 0 aliphatic rings. The van der Waals surface area contributed by atoms with Crippen molar-refractivity contribution in [3.8, 4) is 0 Å². The van der Waals surface area contributed by atoms with E-state index in [1.54, 1.807) is 26.0 Å². The van der Waals surface area contributed by atoms with Gasteiger partial charge >= 0.3 is 5.69 Å². The molecular weight excluding hydrogens is 455 g/mol. The number of hydrogen-bond acceptors (Lipinski definition) is 5. The maximum atomic E-state index is 13.7. The summed E-state index contributed by atoms with van der Waals surface area (Å²) in [6, 6.07) is 7.68. The zero-order valence-electron chi connectivity index (χ0n) is 16.6. The third-order valence-electron chi connectivity index (χ3n) is 4.55. The van der Waals surface area contributed by atoms with E-state index in [0.29, 0.717) is 15.6 Å². The predicted octanol–water partition coefficient (Wildman–Crippen LogP) is 3.13. The fraction of sp³-hybridized carbons (Fsp3) is 0.238. The number of rotatable bonds is 5. The van der Waals surface area contributed by atoms with Gasteiger partial charge in [0.25, 0.3) is 5.56 Å². The van der Waals surface area contributed by atoms with E-state index in [9.17, 15) is 18.8 Å². The molecule has 0 atom stereocenters. The van der Waals surface area contributed by atoms with Crippen LogP contribution in [0.5, 0.6) is 0 Å². The lowest BCUT2D eigenvalue weighted by Gasteiger charge is -2.18. The molecule has 0 amide bonds. The molecular formula is C21H20BrFN4O3. The highest BCUT2D eigenvalue weighted by Crippen LogP contribution is 2.22. The second-order valence-corrected chi connectivity index (χ2v) is 8.25. The van der Waals surface area contributed by atoms with Crippen LogP contribution in [0, 0.1) is 12.9 Å². The number of benzene rings is 1. The number of hydrogen-bond donors (Lipinski definition) is 2. The Balaban J connectivity index is 2.29. The van der Waals surface area contributed by atoms with Crippen LogP contribution in [-0.4, -0.2) is 20.3 Å². The second-order valence-electron chi connectivity index (χ2n) is 7.33. The van der Waals surface area contributed by atoms with Crippen LogP contribution in [0.1, 0.15) is 52.5 Å². The van der Waals surface area contributed by atoms with E-state index in [0.717, 1.165) is 16.2 Å². The smallest absolute Gasteiger partial charge is 0.329 e. The van der Waals surface area contributed by atoms with Crippen molar-refractivity contribution in [1.29, 1.82) is 0 Å². The van der Waals surface area contributed by atoms with E-state index in [2.05, 4.69) is 25.9 Å². The number of carbonyl (C=O) groups is 1. The first-order chi connectivity index (χ1) is 14.1. The Labute approximate surface area is 179 Å². The number of aromatic amines is 1. The van der Waals surface area contributed by atoms with Gasteiger partial charge in [0.05, 0.1) is 6.54 Å². The number of halogens is 2. The second kappa shape index (κ2) is 8.35. The van der Waals surface area contributed by atoms with Crippen LogP contribution in [0.4, 0.5) is 10.2 Å². The minimum Gasteiger partial charge on any atom is -0.384 e. The third-order valence-corrected chi connectivity index (χ3v) is 5.00. The summed E-state index contributed by atoms with van der Waals surface area (Å²) in [5.74, 6) is -1.68. The quantitative estimate of drug-likeness (QED) is 0.435. The molecule has 0 aliphatic heterocycles. The van der Waals surface area contributed by atoms with Crippen LogP contribution in [-0.2, 0) is 6.54 Å². The summed E-state index contributed by atoms with van der Waals surface area (Å²) < 4.78 is 15.5. The molecule has 2 heterocycles. The Morgan fingerprint density at radius 3 is 2.53 bits per heavy atom. The van der Waals surface area contributed by atoms with Crippen molar-refractivity contribution in [2.45, 2.75) is 33.2 Å². The van der Waals surface area contributed by atoms with Crippen LogP contribution < -0.4 is 17.0 Å². The number of nitrogens with two attached hydrogens (primary N) is 1. The van der Waals surface area contributed by atoms with Gasteiger partial charge in [-0.1, -0.05) is 29.8 Å². The first kappa shape index (κ1) is 21.6. The van der Waals surface area contributed by atoms with Crippen molar-refractivity contribution in [3.05, 3.63) is 89.5 Å². The number of aryl methyl sites for hydroxylation is 1. The molecule has 3 aromatic rings. The Morgan fingerprint density at radius 1 is 1.23 bits per heavy atom. The molecule has 1 aromatic carbocycles. The van der Waals surface area contributed by atoms with Crippen molar-refractivity contribution in [2.24, 2.45) is 0 Å². The van der Waals surface area contributed by atoms with Crippen LogP contribution in [0.15, 0.2) is 44.4 Å². The maximum absolute atomic E-state index is 13.7. The third kappa shape index (κ3) is 4.40. The molecule has 2 aromatic heterocycles. The fourth-order valence-electron chi connectivity index (χ4n) is 3.37. The molecule has 0 aliphatic carbocycles. The lowest BCUT2D eigenvalue weighted by molar-refractivity contribution is 0.102. The molecule has 3 rings (SSSR count). The molecule has 9 heteroatoms. The number of ketones is 1. The maximum Gasteiger partial charge on any atom is 0.329 e. The van der Waals surface area contributed by atoms with E-state index in [1.165, 1.54) is 6.07 Å². The monoisotopic (exact) mass is 474 g/mol. The standard InChI is InChI=1S/C21H20BrFN4O3/c1-10(2)17-18(19(28)13-4-11(3)5-14(22)8-13)27(21(30)26-20(17)29)9-12-6-15(23)25-16(24)7-12/h4-8,10H,9H2,1-3H3,(H2,24,25)(H,26,29,30). The molecule has 156 valence electrons. The fourth-order valence-corrected chi connectivity index (χ4v) is 3.98. The largest absolute Gasteiger partial charge is 0.384 e. The SMILES string of the molecule is Cc1cc(Br)cc(C(=O)c2c(C(C)C)c(=O)[nH]c(=O)n2Cc2cc(N)nc(F)c2)c1. The molecule has 0 saturated heterocycles. The summed E-state index contributed by atoms with van der Waals surface area (Å²) in [7, 11) is 0. The lowest BCUT2D eigenvalue weighted by Crippen LogP contribution is -2.38. The first-order valence-corrected chi connectivity index (χ1v) is 9.97. The number of nitrogens with one attached hydrogen (secondary N) is 1. The van der Waals surface area contributed by atoms with Crippen LogP contribution in [0.2, 0.25) is 0 Å². The normalized spacial score (nSPS) is 11.1. The van der Waals surface area contributed by atoms with Crippen LogP contribution in [0.3, 0.4) is 0 Å². The molecule has 0 fully saturated rings. The average molecular weight is 475 g/mol. The molecule has 0 spiro atoms. The Hall–Kier alpha value is -3.07. The summed E-state index contributed by atoms with van der Waals surface area (Å²) in [5.41, 5.74) is 5.85. The zero-order chi connectivity index (χ0) is 22.2. The van der Waals surface area contributed by atoms with Gasteiger partial charge in [0.2, 0.25) is 11.7 Å². The van der Waals surface area contributed by atoms with Crippen molar-refractivity contribution in [1.82, 2.24) is 14.5 Å². The number of H-pyrrole nitrogens is 1. The van der Waals surface area contributed by atoms with Crippen molar-refractivity contribution >= 4 is 27.5 Å². The number of aromatic nitrogens is 3.